The van der Waals surface area contributed by atoms with Gasteiger partial charge < -0.3 is 15.7 Å². The molecule has 0 bridgehead atoms. The van der Waals surface area contributed by atoms with E-state index in [1.54, 1.807) is 24.3 Å². The first-order valence-electron chi connectivity index (χ1n) is 7.61. The Bertz CT molecular complexity index is 521. The molecule has 0 aromatic heterocycles. The zero-order valence-corrected chi connectivity index (χ0v) is 13.8. The van der Waals surface area contributed by atoms with Crippen LogP contribution in [0.2, 0.25) is 0 Å². The van der Waals surface area contributed by atoms with E-state index in [0.29, 0.717) is 17.7 Å². The minimum atomic E-state index is -0.493. The zero-order chi connectivity index (χ0) is 16.8. The van der Waals surface area contributed by atoms with E-state index < -0.39 is 5.41 Å². The van der Waals surface area contributed by atoms with Crippen LogP contribution in [0, 0.1) is 5.41 Å². The summed E-state index contributed by atoms with van der Waals surface area (Å²) in [7, 11) is 0. The van der Waals surface area contributed by atoms with Crippen LogP contribution in [0.1, 0.15) is 50.9 Å². The van der Waals surface area contributed by atoms with Crippen molar-refractivity contribution in [2.45, 2.75) is 46.6 Å². The fourth-order valence-corrected chi connectivity index (χ4v) is 1.86. The van der Waals surface area contributed by atoms with Crippen LogP contribution in [0.3, 0.4) is 0 Å². The molecular formula is C17H26N2O3. The molecule has 1 atom stereocenters. The summed E-state index contributed by atoms with van der Waals surface area (Å²) in [5, 5.41) is 14.7. The van der Waals surface area contributed by atoms with Gasteiger partial charge in [-0.3, -0.25) is 9.59 Å². The minimum Gasteiger partial charge on any atom is -0.396 e. The van der Waals surface area contributed by atoms with Crippen molar-refractivity contribution in [2.24, 2.45) is 5.41 Å². The molecule has 1 unspecified atom stereocenters. The van der Waals surface area contributed by atoms with Gasteiger partial charge in [-0.15, -0.1) is 0 Å². The number of anilines is 1. The summed E-state index contributed by atoms with van der Waals surface area (Å²) >= 11 is 0. The van der Waals surface area contributed by atoms with Gasteiger partial charge in [0.15, 0.2) is 0 Å². The number of aliphatic hydroxyl groups excluding tert-OH is 1. The normalized spacial score (nSPS) is 12.6. The van der Waals surface area contributed by atoms with Gasteiger partial charge in [0.1, 0.15) is 0 Å². The third-order valence-electron chi connectivity index (χ3n) is 3.37. The Morgan fingerprint density at radius 3 is 2.50 bits per heavy atom. The second-order valence-electron chi connectivity index (χ2n) is 6.38. The Hall–Kier alpha value is -1.88. The second kappa shape index (κ2) is 7.94. The van der Waals surface area contributed by atoms with Gasteiger partial charge in [-0.2, -0.15) is 0 Å². The topological polar surface area (TPSA) is 78.4 Å². The lowest BCUT2D eigenvalue weighted by Gasteiger charge is -2.18. The van der Waals surface area contributed by atoms with Crippen LogP contribution in [0.15, 0.2) is 24.3 Å². The van der Waals surface area contributed by atoms with E-state index in [1.165, 1.54) is 0 Å². The maximum Gasteiger partial charge on any atom is 0.251 e. The summed E-state index contributed by atoms with van der Waals surface area (Å²) in [6.45, 7) is 7.50. The molecule has 3 N–H and O–H groups in total. The van der Waals surface area contributed by atoms with Crippen molar-refractivity contribution in [3.8, 4) is 0 Å². The number of carbonyl (C=O) groups excluding carboxylic acids is 2. The number of aliphatic hydroxyl groups is 1. The van der Waals surface area contributed by atoms with Crippen molar-refractivity contribution in [3.63, 3.8) is 0 Å². The van der Waals surface area contributed by atoms with E-state index in [2.05, 4.69) is 10.6 Å². The SMILES string of the molecule is CCC(CCO)NC(=O)c1cccc(NC(=O)C(C)(C)C)c1. The van der Waals surface area contributed by atoms with Gasteiger partial charge in [0.05, 0.1) is 0 Å². The molecule has 1 aromatic rings. The van der Waals surface area contributed by atoms with E-state index in [4.69, 9.17) is 5.11 Å². The molecule has 0 aliphatic carbocycles. The lowest BCUT2D eigenvalue weighted by atomic mass is 9.95. The van der Waals surface area contributed by atoms with E-state index in [0.717, 1.165) is 6.42 Å². The molecule has 5 heteroatoms. The summed E-state index contributed by atoms with van der Waals surface area (Å²) in [5.74, 6) is -0.302. The van der Waals surface area contributed by atoms with E-state index >= 15 is 0 Å². The highest BCUT2D eigenvalue weighted by Crippen LogP contribution is 2.18. The molecule has 0 aliphatic rings. The van der Waals surface area contributed by atoms with Gasteiger partial charge >= 0.3 is 0 Å². The number of rotatable bonds is 6. The smallest absolute Gasteiger partial charge is 0.251 e. The molecule has 122 valence electrons. The van der Waals surface area contributed by atoms with Crippen LogP contribution in [0.5, 0.6) is 0 Å². The van der Waals surface area contributed by atoms with Crippen LogP contribution < -0.4 is 10.6 Å². The maximum atomic E-state index is 12.2. The van der Waals surface area contributed by atoms with E-state index in [-0.39, 0.29) is 24.5 Å². The Morgan fingerprint density at radius 1 is 1.27 bits per heavy atom. The second-order valence-corrected chi connectivity index (χ2v) is 6.38. The molecule has 2 amide bonds. The van der Waals surface area contributed by atoms with E-state index in [1.807, 2.05) is 27.7 Å². The number of benzene rings is 1. The first-order valence-corrected chi connectivity index (χ1v) is 7.61. The molecular weight excluding hydrogens is 280 g/mol. The third-order valence-corrected chi connectivity index (χ3v) is 3.37. The van der Waals surface area contributed by atoms with Crippen molar-refractivity contribution >= 4 is 17.5 Å². The highest BCUT2D eigenvalue weighted by atomic mass is 16.3. The average Bonchev–Trinajstić information content (AvgIpc) is 2.46. The van der Waals surface area contributed by atoms with Crippen LogP contribution in [0.25, 0.3) is 0 Å². The van der Waals surface area contributed by atoms with Gasteiger partial charge in [0, 0.05) is 29.3 Å². The summed E-state index contributed by atoms with van der Waals surface area (Å²) in [6.07, 6.45) is 1.29. The van der Waals surface area contributed by atoms with Crippen molar-refractivity contribution in [1.82, 2.24) is 5.32 Å². The summed E-state index contributed by atoms with van der Waals surface area (Å²) in [5.41, 5.74) is 0.595. The fourth-order valence-electron chi connectivity index (χ4n) is 1.86. The van der Waals surface area contributed by atoms with Crippen molar-refractivity contribution in [2.75, 3.05) is 11.9 Å². The fraction of sp³-hybridized carbons (Fsp3) is 0.529. The predicted octanol–water partition coefficient (Wildman–Crippen LogP) is 2.56. The highest BCUT2D eigenvalue weighted by Gasteiger charge is 2.21. The summed E-state index contributed by atoms with van der Waals surface area (Å²) in [4.78, 5) is 24.2. The number of hydrogen-bond acceptors (Lipinski definition) is 3. The first-order chi connectivity index (χ1) is 10.3. The van der Waals surface area contributed by atoms with E-state index in [9.17, 15) is 9.59 Å². The molecule has 1 aromatic carbocycles. The van der Waals surface area contributed by atoms with Gasteiger partial charge in [-0.25, -0.2) is 0 Å². The summed E-state index contributed by atoms with van der Waals surface area (Å²) < 4.78 is 0. The molecule has 0 heterocycles. The van der Waals surface area contributed by atoms with Crippen molar-refractivity contribution in [3.05, 3.63) is 29.8 Å². The number of hydrogen-bond donors (Lipinski definition) is 3. The van der Waals surface area contributed by atoms with Gasteiger partial charge in [-0.1, -0.05) is 33.8 Å². The first kappa shape index (κ1) is 18.2. The monoisotopic (exact) mass is 306 g/mol. The van der Waals surface area contributed by atoms with Crippen molar-refractivity contribution < 1.29 is 14.7 Å². The molecule has 0 radical (unpaired) electrons. The Balaban J connectivity index is 2.79. The standard InChI is InChI=1S/C17H26N2O3/c1-5-13(9-10-20)18-15(21)12-7-6-8-14(11-12)19-16(22)17(2,3)4/h6-8,11,13,20H,5,9-10H2,1-4H3,(H,18,21)(H,19,22). The molecule has 22 heavy (non-hydrogen) atoms. The number of amides is 2. The zero-order valence-electron chi connectivity index (χ0n) is 13.8. The molecule has 0 saturated heterocycles. The lowest BCUT2D eigenvalue weighted by molar-refractivity contribution is -0.123. The van der Waals surface area contributed by atoms with Crippen LogP contribution >= 0.6 is 0 Å². The predicted molar refractivity (Wildman–Crippen MR) is 87.8 cm³/mol. The Morgan fingerprint density at radius 2 is 1.95 bits per heavy atom. The van der Waals surface area contributed by atoms with Gasteiger partial charge in [-0.05, 0) is 31.0 Å². The van der Waals surface area contributed by atoms with Gasteiger partial charge in [0.25, 0.3) is 5.91 Å². The quantitative estimate of drug-likeness (QED) is 0.756. The highest BCUT2D eigenvalue weighted by molar-refractivity contribution is 5.98. The molecule has 0 spiro atoms. The molecule has 0 saturated carbocycles. The molecule has 5 nitrogen and oxygen atoms in total. The Kier molecular flexibility index (Phi) is 6.56. The number of carbonyl (C=O) groups is 2. The van der Waals surface area contributed by atoms with Crippen LogP contribution in [-0.2, 0) is 4.79 Å². The molecule has 0 fully saturated rings. The third kappa shape index (κ3) is 5.48. The van der Waals surface area contributed by atoms with Crippen LogP contribution in [0.4, 0.5) is 5.69 Å². The maximum absolute atomic E-state index is 12.2. The van der Waals surface area contributed by atoms with Crippen molar-refractivity contribution in [1.29, 1.82) is 0 Å². The minimum absolute atomic E-state index is 0.0421. The molecule has 0 aliphatic heterocycles. The van der Waals surface area contributed by atoms with Gasteiger partial charge in [0.2, 0.25) is 5.91 Å². The Labute approximate surface area is 132 Å². The molecule has 1 rings (SSSR count). The van der Waals surface area contributed by atoms with Crippen LogP contribution in [-0.4, -0.2) is 29.6 Å². The summed E-state index contributed by atoms with van der Waals surface area (Å²) in [6, 6.07) is 6.80. The number of nitrogens with one attached hydrogen (secondary N) is 2. The average molecular weight is 306 g/mol. The lowest BCUT2D eigenvalue weighted by Crippen LogP contribution is -2.35. The largest absolute Gasteiger partial charge is 0.396 e.